The van der Waals surface area contributed by atoms with Gasteiger partial charge >= 0.3 is 0 Å². The number of aryl methyl sites for hydroxylation is 1. The van der Waals surface area contributed by atoms with Gasteiger partial charge in [0, 0.05) is 18.5 Å². The van der Waals surface area contributed by atoms with Crippen molar-refractivity contribution in [2.75, 3.05) is 7.05 Å². The monoisotopic (exact) mass is 276 g/mol. The topological polar surface area (TPSA) is 42.7 Å². The van der Waals surface area contributed by atoms with Crippen LogP contribution in [0.5, 0.6) is 0 Å². The fourth-order valence-corrected chi connectivity index (χ4v) is 2.39. The van der Waals surface area contributed by atoms with Crippen molar-refractivity contribution < 1.29 is 4.39 Å². The predicted molar refractivity (Wildman–Crippen MR) is 77.0 cm³/mol. The number of hydrogen-bond donors (Lipinski definition) is 1. The van der Waals surface area contributed by atoms with E-state index in [0.29, 0.717) is 6.42 Å². The van der Waals surface area contributed by atoms with Gasteiger partial charge in [0.2, 0.25) is 0 Å². The Morgan fingerprint density at radius 1 is 1.30 bits per heavy atom. The normalized spacial score (nSPS) is 12.9. The molecule has 0 radical (unpaired) electrons. The Balaban J connectivity index is 2.26. The molecule has 4 nitrogen and oxygen atoms in total. The molecule has 5 heteroatoms. The maximum absolute atomic E-state index is 13.6. The molecule has 0 aliphatic carbocycles. The zero-order chi connectivity index (χ0) is 14.7. The predicted octanol–water partition coefficient (Wildman–Crippen LogP) is 2.81. The molecule has 1 aromatic carbocycles. The SMILES string of the molecule is CNC(Cc1ncnn1C(C)C)c1cc(C)cc(F)c1. The lowest BCUT2D eigenvalue weighted by molar-refractivity contribution is 0.476. The molecule has 0 spiro atoms. The quantitative estimate of drug-likeness (QED) is 0.913. The van der Waals surface area contributed by atoms with Crippen LogP contribution in [0.25, 0.3) is 0 Å². The van der Waals surface area contributed by atoms with E-state index >= 15 is 0 Å². The zero-order valence-corrected chi connectivity index (χ0v) is 12.4. The number of aromatic nitrogens is 3. The van der Waals surface area contributed by atoms with E-state index in [1.165, 1.54) is 6.07 Å². The summed E-state index contributed by atoms with van der Waals surface area (Å²) in [7, 11) is 1.88. The Kier molecular flexibility index (Phi) is 4.49. The molecule has 0 aliphatic heterocycles. The molecule has 20 heavy (non-hydrogen) atoms. The van der Waals surface area contributed by atoms with Crippen LogP contribution in [0.3, 0.4) is 0 Å². The van der Waals surface area contributed by atoms with E-state index in [0.717, 1.165) is 17.0 Å². The third-order valence-electron chi connectivity index (χ3n) is 3.34. The highest BCUT2D eigenvalue weighted by atomic mass is 19.1. The molecule has 0 saturated carbocycles. The van der Waals surface area contributed by atoms with E-state index in [-0.39, 0.29) is 17.9 Å². The Morgan fingerprint density at radius 2 is 2.05 bits per heavy atom. The van der Waals surface area contributed by atoms with Crippen LogP contribution in [-0.2, 0) is 6.42 Å². The summed E-state index contributed by atoms with van der Waals surface area (Å²) in [5.74, 6) is 0.701. The van der Waals surface area contributed by atoms with Gasteiger partial charge in [0.15, 0.2) is 0 Å². The van der Waals surface area contributed by atoms with Crippen molar-refractivity contribution in [1.29, 1.82) is 0 Å². The highest BCUT2D eigenvalue weighted by Crippen LogP contribution is 2.20. The molecule has 1 unspecified atom stereocenters. The Labute approximate surface area is 119 Å². The van der Waals surface area contributed by atoms with E-state index in [2.05, 4.69) is 29.2 Å². The molecule has 2 aromatic rings. The summed E-state index contributed by atoms with van der Waals surface area (Å²) >= 11 is 0. The maximum Gasteiger partial charge on any atom is 0.138 e. The Hall–Kier alpha value is -1.75. The van der Waals surface area contributed by atoms with Gasteiger partial charge in [0.05, 0.1) is 0 Å². The van der Waals surface area contributed by atoms with Crippen LogP contribution < -0.4 is 5.32 Å². The van der Waals surface area contributed by atoms with Gasteiger partial charge in [-0.25, -0.2) is 14.1 Å². The van der Waals surface area contributed by atoms with Gasteiger partial charge in [-0.15, -0.1) is 0 Å². The van der Waals surface area contributed by atoms with Crippen LogP contribution in [0.1, 0.15) is 42.9 Å². The fourth-order valence-electron chi connectivity index (χ4n) is 2.39. The molecule has 0 fully saturated rings. The summed E-state index contributed by atoms with van der Waals surface area (Å²) in [6.45, 7) is 6.04. The van der Waals surface area contributed by atoms with Crippen LogP contribution >= 0.6 is 0 Å². The van der Waals surface area contributed by atoms with E-state index < -0.39 is 0 Å². The van der Waals surface area contributed by atoms with Gasteiger partial charge < -0.3 is 5.32 Å². The van der Waals surface area contributed by atoms with Crippen LogP contribution in [0.4, 0.5) is 4.39 Å². The van der Waals surface area contributed by atoms with Gasteiger partial charge in [-0.2, -0.15) is 5.10 Å². The molecule has 0 amide bonds. The number of nitrogens with zero attached hydrogens (tertiary/aromatic N) is 3. The van der Waals surface area contributed by atoms with E-state index in [9.17, 15) is 4.39 Å². The highest BCUT2D eigenvalue weighted by molar-refractivity contribution is 5.27. The van der Waals surface area contributed by atoms with Gasteiger partial charge in [-0.05, 0) is 51.1 Å². The number of rotatable bonds is 5. The number of benzene rings is 1. The summed E-state index contributed by atoms with van der Waals surface area (Å²) in [6.07, 6.45) is 2.25. The average Bonchev–Trinajstić information content (AvgIpc) is 2.82. The van der Waals surface area contributed by atoms with E-state index in [4.69, 9.17) is 0 Å². The standard InChI is InChI=1S/C15H21FN4/c1-10(2)20-15(18-9-19-20)8-14(17-4)12-5-11(3)6-13(16)7-12/h5-7,9-10,14,17H,8H2,1-4H3. The first kappa shape index (κ1) is 14.7. The lowest BCUT2D eigenvalue weighted by Crippen LogP contribution is -2.22. The second-order valence-electron chi connectivity index (χ2n) is 5.32. The van der Waals surface area contributed by atoms with Crippen molar-refractivity contribution >= 4 is 0 Å². The minimum atomic E-state index is -0.203. The summed E-state index contributed by atoms with van der Waals surface area (Å²) < 4.78 is 15.4. The largest absolute Gasteiger partial charge is 0.313 e. The summed E-state index contributed by atoms with van der Waals surface area (Å²) in [4.78, 5) is 4.31. The molecule has 1 N–H and O–H groups in total. The minimum absolute atomic E-state index is 0.0195. The van der Waals surface area contributed by atoms with E-state index in [1.54, 1.807) is 12.4 Å². The molecule has 108 valence electrons. The molecule has 0 saturated heterocycles. The molecule has 2 rings (SSSR count). The Bertz CT molecular complexity index is 557. The van der Waals surface area contributed by atoms with Crippen LogP contribution in [-0.4, -0.2) is 21.8 Å². The first-order valence-corrected chi connectivity index (χ1v) is 6.84. The maximum atomic E-state index is 13.6. The first-order chi connectivity index (χ1) is 9.51. The van der Waals surface area contributed by atoms with Gasteiger partial charge in [-0.1, -0.05) is 6.07 Å². The molecular formula is C15H21FN4. The number of halogens is 1. The van der Waals surface area contributed by atoms with Crippen molar-refractivity contribution in [3.8, 4) is 0 Å². The van der Waals surface area contributed by atoms with Gasteiger partial charge in [-0.3, -0.25) is 0 Å². The smallest absolute Gasteiger partial charge is 0.138 e. The van der Waals surface area contributed by atoms with E-state index in [1.807, 2.05) is 24.7 Å². The Morgan fingerprint density at radius 3 is 2.65 bits per heavy atom. The third-order valence-corrected chi connectivity index (χ3v) is 3.34. The molecular weight excluding hydrogens is 255 g/mol. The van der Waals surface area contributed by atoms with Gasteiger partial charge in [0.25, 0.3) is 0 Å². The van der Waals surface area contributed by atoms with Crippen molar-refractivity contribution in [2.45, 2.75) is 39.3 Å². The lowest BCUT2D eigenvalue weighted by atomic mass is 10.0. The van der Waals surface area contributed by atoms with Crippen LogP contribution in [0.2, 0.25) is 0 Å². The van der Waals surface area contributed by atoms with Gasteiger partial charge in [0.1, 0.15) is 18.0 Å². The average molecular weight is 276 g/mol. The summed E-state index contributed by atoms with van der Waals surface area (Å²) in [5, 5.41) is 7.46. The molecule has 1 heterocycles. The zero-order valence-electron chi connectivity index (χ0n) is 12.4. The first-order valence-electron chi connectivity index (χ1n) is 6.84. The van der Waals surface area contributed by atoms with Crippen LogP contribution in [0, 0.1) is 12.7 Å². The minimum Gasteiger partial charge on any atom is -0.313 e. The number of nitrogens with one attached hydrogen (secondary N) is 1. The van der Waals surface area contributed by atoms with Crippen molar-refractivity contribution in [3.63, 3.8) is 0 Å². The van der Waals surface area contributed by atoms with Crippen LogP contribution in [0.15, 0.2) is 24.5 Å². The second-order valence-corrected chi connectivity index (χ2v) is 5.32. The molecule has 1 aromatic heterocycles. The molecule has 0 aliphatic rings. The summed E-state index contributed by atoms with van der Waals surface area (Å²) in [5.41, 5.74) is 1.86. The summed E-state index contributed by atoms with van der Waals surface area (Å²) in [6, 6.07) is 5.39. The molecule has 0 bridgehead atoms. The number of hydrogen-bond acceptors (Lipinski definition) is 3. The van der Waals surface area contributed by atoms with Crippen molar-refractivity contribution in [2.24, 2.45) is 0 Å². The highest BCUT2D eigenvalue weighted by Gasteiger charge is 2.16. The lowest BCUT2D eigenvalue weighted by Gasteiger charge is -2.18. The fraction of sp³-hybridized carbons (Fsp3) is 0.467. The van der Waals surface area contributed by atoms with Crippen molar-refractivity contribution in [3.05, 3.63) is 47.3 Å². The third kappa shape index (κ3) is 3.22. The number of likely N-dealkylation sites (N-methyl/N-ethyl adjacent to an activating group) is 1. The molecule has 1 atom stereocenters. The van der Waals surface area contributed by atoms with Crippen molar-refractivity contribution in [1.82, 2.24) is 20.1 Å². The second kappa shape index (κ2) is 6.13.